The van der Waals surface area contributed by atoms with Gasteiger partial charge in [-0.25, -0.2) is 4.79 Å². The van der Waals surface area contributed by atoms with Gasteiger partial charge in [-0.2, -0.15) is 4.98 Å². The van der Waals surface area contributed by atoms with Crippen LogP contribution in [0.5, 0.6) is 0 Å². The number of benzene rings is 1. The SMILES string of the molecule is C=CCn1c(=O)c2c(nc3n2C[C@H](C)CN3CCc2ccccc2)n(C)c1=O. The van der Waals surface area contributed by atoms with Gasteiger partial charge in [0.05, 0.1) is 0 Å². The predicted molar refractivity (Wildman–Crippen MR) is 111 cm³/mol. The Hall–Kier alpha value is -3.09. The Balaban J connectivity index is 1.81. The van der Waals surface area contributed by atoms with Gasteiger partial charge in [-0.15, -0.1) is 6.58 Å². The van der Waals surface area contributed by atoms with Crippen LogP contribution in [0.15, 0.2) is 52.6 Å². The molecule has 0 bridgehead atoms. The van der Waals surface area contributed by atoms with E-state index in [0.29, 0.717) is 17.1 Å². The second kappa shape index (κ2) is 7.14. The first kappa shape index (κ1) is 18.3. The van der Waals surface area contributed by atoms with Crippen molar-refractivity contribution in [3.8, 4) is 0 Å². The van der Waals surface area contributed by atoms with Crippen molar-refractivity contribution in [2.45, 2.75) is 26.4 Å². The maximum atomic E-state index is 13.0. The third-order valence-corrected chi connectivity index (χ3v) is 5.35. The van der Waals surface area contributed by atoms with E-state index >= 15 is 0 Å². The van der Waals surface area contributed by atoms with Crippen LogP contribution in [0.3, 0.4) is 0 Å². The van der Waals surface area contributed by atoms with Gasteiger partial charge in [-0.1, -0.05) is 43.3 Å². The van der Waals surface area contributed by atoms with Crippen molar-refractivity contribution in [1.82, 2.24) is 18.7 Å². The van der Waals surface area contributed by atoms with E-state index in [1.165, 1.54) is 14.7 Å². The fourth-order valence-electron chi connectivity index (χ4n) is 3.99. The number of hydrogen-bond acceptors (Lipinski definition) is 4. The third kappa shape index (κ3) is 2.96. The summed E-state index contributed by atoms with van der Waals surface area (Å²) in [5.74, 6) is 1.15. The number of allylic oxidation sites excluding steroid dienone is 1. The van der Waals surface area contributed by atoms with Crippen LogP contribution in [0, 0.1) is 5.92 Å². The topological polar surface area (TPSA) is 65.1 Å². The zero-order chi connectivity index (χ0) is 19.8. The average Bonchev–Trinajstić information content (AvgIpc) is 3.08. The van der Waals surface area contributed by atoms with Crippen LogP contribution in [0.2, 0.25) is 0 Å². The van der Waals surface area contributed by atoms with E-state index in [1.807, 2.05) is 22.8 Å². The van der Waals surface area contributed by atoms with Crippen molar-refractivity contribution < 1.29 is 0 Å². The molecule has 0 saturated heterocycles. The molecule has 0 aliphatic carbocycles. The molecule has 0 radical (unpaired) electrons. The van der Waals surface area contributed by atoms with Gasteiger partial charge in [-0.05, 0) is 17.9 Å². The Morgan fingerprint density at radius 3 is 2.68 bits per heavy atom. The van der Waals surface area contributed by atoms with Crippen molar-refractivity contribution in [2.75, 3.05) is 18.0 Å². The molecule has 1 aromatic carbocycles. The number of nitrogens with zero attached hydrogens (tertiary/aromatic N) is 5. The average molecular weight is 379 g/mol. The third-order valence-electron chi connectivity index (χ3n) is 5.35. The molecule has 7 nitrogen and oxygen atoms in total. The summed E-state index contributed by atoms with van der Waals surface area (Å²) < 4.78 is 4.67. The van der Waals surface area contributed by atoms with E-state index in [-0.39, 0.29) is 17.8 Å². The number of rotatable bonds is 5. The van der Waals surface area contributed by atoms with Crippen molar-refractivity contribution in [3.63, 3.8) is 0 Å². The molecule has 2 aromatic heterocycles. The molecule has 3 aromatic rings. The molecule has 4 rings (SSSR count). The first-order chi connectivity index (χ1) is 13.5. The molecule has 0 saturated carbocycles. The standard InChI is InChI=1S/C21H25N5O2/c1-4-11-25-19(27)17-18(23(3)21(25)28)22-20-24(13-15(2)14-26(17)20)12-10-16-8-6-5-7-9-16/h4-9,15H,1,10-14H2,2-3H3/t15-/m1/s1. The second-order valence-electron chi connectivity index (χ2n) is 7.53. The smallest absolute Gasteiger partial charge is 0.332 e. The molecule has 1 aliphatic heterocycles. The molecule has 0 fully saturated rings. The summed E-state index contributed by atoms with van der Waals surface area (Å²) in [6.45, 7) is 8.44. The van der Waals surface area contributed by atoms with E-state index in [4.69, 9.17) is 4.98 Å². The van der Waals surface area contributed by atoms with E-state index < -0.39 is 0 Å². The monoisotopic (exact) mass is 379 g/mol. The number of imidazole rings is 1. The van der Waals surface area contributed by atoms with E-state index in [2.05, 4.69) is 30.5 Å². The molecule has 1 aliphatic rings. The summed E-state index contributed by atoms with van der Waals surface area (Å²) in [6, 6.07) is 10.3. The summed E-state index contributed by atoms with van der Waals surface area (Å²) in [5, 5.41) is 0. The number of aromatic nitrogens is 4. The lowest BCUT2D eigenvalue weighted by Gasteiger charge is -2.33. The lowest BCUT2D eigenvalue weighted by atomic mass is 10.1. The van der Waals surface area contributed by atoms with Crippen LogP contribution in [0.25, 0.3) is 11.2 Å². The Morgan fingerprint density at radius 2 is 1.96 bits per heavy atom. The molecule has 0 unspecified atom stereocenters. The lowest BCUT2D eigenvalue weighted by molar-refractivity contribution is 0.437. The number of hydrogen-bond donors (Lipinski definition) is 0. The fourth-order valence-corrected chi connectivity index (χ4v) is 3.99. The Morgan fingerprint density at radius 1 is 1.21 bits per heavy atom. The molecule has 0 amide bonds. The molecule has 28 heavy (non-hydrogen) atoms. The minimum atomic E-state index is -0.364. The van der Waals surface area contributed by atoms with Crippen molar-refractivity contribution in [2.24, 2.45) is 13.0 Å². The molecule has 1 atom stereocenters. The van der Waals surface area contributed by atoms with E-state index in [1.54, 1.807) is 13.1 Å². The molecule has 7 heteroatoms. The van der Waals surface area contributed by atoms with Gasteiger partial charge < -0.3 is 9.47 Å². The maximum absolute atomic E-state index is 13.0. The zero-order valence-corrected chi connectivity index (χ0v) is 16.3. The van der Waals surface area contributed by atoms with Crippen LogP contribution in [0.4, 0.5) is 5.95 Å². The first-order valence-electron chi connectivity index (χ1n) is 9.61. The summed E-state index contributed by atoms with van der Waals surface area (Å²) in [6.07, 6.45) is 2.47. The van der Waals surface area contributed by atoms with Crippen LogP contribution >= 0.6 is 0 Å². The van der Waals surface area contributed by atoms with Gasteiger partial charge in [0.25, 0.3) is 5.56 Å². The highest BCUT2D eigenvalue weighted by atomic mass is 16.2. The minimum absolute atomic E-state index is 0.190. The van der Waals surface area contributed by atoms with Gasteiger partial charge in [-0.3, -0.25) is 13.9 Å². The highest BCUT2D eigenvalue weighted by Gasteiger charge is 2.28. The molecule has 3 heterocycles. The van der Waals surface area contributed by atoms with Gasteiger partial charge in [0, 0.05) is 33.2 Å². The summed E-state index contributed by atoms with van der Waals surface area (Å²) in [5.41, 5.74) is 1.55. The van der Waals surface area contributed by atoms with Crippen molar-refractivity contribution >= 4 is 17.1 Å². The van der Waals surface area contributed by atoms with E-state index in [0.717, 1.165) is 32.0 Å². The van der Waals surface area contributed by atoms with Gasteiger partial charge in [0.2, 0.25) is 5.95 Å². The summed E-state index contributed by atoms with van der Waals surface area (Å²) in [7, 11) is 1.67. The molecule has 0 spiro atoms. The largest absolute Gasteiger partial charge is 0.342 e. The number of anilines is 1. The quantitative estimate of drug-likeness (QED) is 0.634. The Kier molecular flexibility index (Phi) is 4.66. The van der Waals surface area contributed by atoms with Crippen LogP contribution in [-0.4, -0.2) is 31.8 Å². The zero-order valence-electron chi connectivity index (χ0n) is 16.3. The minimum Gasteiger partial charge on any atom is -0.342 e. The lowest BCUT2D eigenvalue weighted by Crippen LogP contribution is -2.41. The van der Waals surface area contributed by atoms with Crippen LogP contribution in [0.1, 0.15) is 12.5 Å². The predicted octanol–water partition coefficient (Wildman–Crippen LogP) is 1.78. The van der Waals surface area contributed by atoms with Gasteiger partial charge in [0.1, 0.15) is 0 Å². The van der Waals surface area contributed by atoms with Crippen molar-refractivity contribution in [1.29, 1.82) is 0 Å². The molecule has 0 N–H and O–H groups in total. The van der Waals surface area contributed by atoms with Crippen LogP contribution < -0.4 is 16.1 Å². The number of aryl methyl sites for hydroxylation is 1. The van der Waals surface area contributed by atoms with Crippen LogP contribution in [-0.2, 0) is 26.6 Å². The number of fused-ring (bicyclic) bond motifs is 3. The molecule has 146 valence electrons. The first-order valence-corrected chi connectivity index (χ1v) is 9.61. The fraction of sp³-hybridized carbons (Fsp3) is 0.381. The Labute approximate surface area is 163 Å². The highest BCUT2D eigenvalue weighted by Crippen LogP contribution is 2.26. The Bertz CT molecular complexity index is 1140. The highest BCUT2D eigenvalue weighted by molar-refractivity contribution is 5.75. The van der Waals surface area contributed by atoms with Gasteiger partial charge in [0.15, 0.2) is 11.2 Å². The second-order valence-corrected chi connectivity index (χ2v) is 7.53. The van der Waals surface area contributed by atoms with Gasteiger partial charge >= 0.3 is 5.69 Å². The molecular formula is C21H25N5O2. The normalized spacial score (nSPS) is 16.4. The summed E-state index contributed by atoms with van der Waals surface area (Å²) in [4.78, 5) is 32.6. The molecular weight excluding hydrogens is 354 g/mol. The summed E-state index contributed by atoms with van der Waals surface area (Å²) >= 11 is 0. The van der Waals surface area contributed by atoms with E-state index in [9.17, 15) is 9.59 Å². The van der Waals surface area contributed by atoms with Crippen molar-refractivity contribution in [3.05, 3.63) is 69.4 Å². The maximum Gasteiger partial charge on any atom is 0.332 e.